The van der Waals surface area contributed by atoms with Crippen LogP contribution in [0.4, 0.5) is 5.69 Å². The number of amides is 2. The summed E-state index contributed by atoms with van der Waals surface area (Å²) < 4.78 is 7.21. The number of rotatable bonds is 10. The molecule has 2 aromatic heterocycles. The minimum Gasteiger partial charge on any atom is -0.494 e. The van der Waals surface area contributed by atoms with Crippen molar-refractivity contribution in [3.8, 4) is 11.4 Å². The van der Waals surface area contributed by atoms with Crippen LogP contribution in [0.25, 0.3) is 5.69 Å². The van der Waals surface area contributed by atoms with E-state index >= 15 is 0 Å². The van der Waals surface area contributed by atoms with Gasteiger partial charge in [-0.05, 0) is 60.8 Å². The molecule has 35 heavy (non-hydrogen) atoms. The van der Waals surface area contributed by atoms with E-state index in [0.717, 1.165) is 11.4 Å². The summed E-state index contributed by atoms with van der Waals surface area (Å²) in [7, 11) is 0. The molecule has 0 bridgehead atoms. The monoisotopic (exact) mass is 527 g/mol. The van der Waals surface area contributed by atoms with Crippen molar-refractivity contribution in [1.29, 1.82) is 0 Å². The van der Waals surface area contributed by atoms with Crippen LogP contribution >= 0.6 is 34.7 Å². The first-order chi connectivity index (χ1) is 17.0. The van der Waals surface area contributed by atoms with Gasteiger partial charge in [-0.25, -0.2) is 0 Å². The first-order valence-corrected chi connectivity index (χ1v) is 12.9. The number of thioether (sulfide) groups is 1. The maximum atomic E-state index is 12.6. The number of thiophene rings is 1. The lowest BCUT2D eigenvalue weighted by molar-refractivity contribution is -0.113. The fraction of sp³-hybridized carbons (Fsp3) is 0.167. The molecule has 0 aliphatic heterocycles. The maximum absolute atomic E-state index is 12.6. The highest BCUT2D eigenvalue weighted by Gasteiger charge is 2.17. The zero-order valence-electron chi connectivity index (χ0n) is 18.7. The van der Waals surface area contributed by atoms with Crippen LogP contribution in [0.2, 0.25) is 5.02 Å². The Kier molecular flexibility index (Phi) is 8.40. The van der Waals surface area contributed by atoms with Crippen molar-refractivity contribution in [2.75, 3.05) is 17.7 Å². The van der Waals surface area contributed by atoms with Crippen molar-refractivity contribution in [1.82, 2.24) is 20.1 Å². The molecule has 0 aliphatic carbocycles. The number of halogens is 1. The average Bonchev–Trinajstić information content (AvgIpc) is 3.53. The topological polar surface area (TPSA) is 98.1 Å². The lowest BCUT2D eigenvalue weighted by Crippen LogP contribution is -2.24. The molecule has 11 heteroatoms. The van der Waals surface area contributed by atoms with E-state index < -0.39 is 0 Å². The van der Waals surface area contributed by atoms with E-state index in [0.29, 0.717) is 33.2 Å². The fourth-order valence-corrected chi connectivity index (χ4v) is 4.76. The second-order valence-corrected chi connectivity index (χ2v) is 9.49. The summed E-state index contributed by atoms with van der Waals surface area (Å²) >= 11 is 8.81. The Hall–Kier alpha value is -3.34. The zero-order valence-corrected chi connectivity index (χ0v) is 21.1. The van der Waals surface area contributed by atoms with Crippen LogP contribution in [-0.2, 0) is 11.3 Å². The van der Waals surface area contributed by atoms with Gasteiger partial charge in [0, 0.05) is 10.7 Å². The van der Waals surface area contributed by atoms with Crippen LogP contribution in [0.5, 0.6) is 5.75 Å². The molecule has 2 aromatic carbocycles. The molecule has 0 saturated carbocycles. The molecule has 0 fully saturated rings. The van der Waals surface area contributed by atoms with Gasteiger partial charge in [0.25, 0.3) is 5.91 Å². The van der Waals surface area contributed by atoms with E-state index in [1.807, 2.05) is 30.5 Å². The summed E-state index contributed by atoms with van der Waals surface area (Å²) in [4.78, 5) is 25.6. The van der Waals surface area contributed by atoms with Gasteiger partial charge in [0.2, 0.25) is 5.91 Å². The highest BCUT2D eigenvalue weighted by atomic mass is 35.5. The molecule has 2 amide bonds. The molecule has 4 aromatic rings. The number of carbonyl (C=O) groups excluding carboxylic acids is 2. The largest absolute Gasteiger partial charge is 0.494 e. The molecular formula is C24H22ClN5O3S2. The summed E-state index contributed by atoms with van der Waals surface area (Å²) in [6.07, 6.45) is 0. The number of hydrogen-bond donors (Lipinski definition) is 2. The van der Waals surface area contributed by atoms with Crippen LogP contribution in [0.3, 0.4) is 0 Å². The predicted molar refractivity (Wildman–Crippen MR) is 139 cm³/mol. The fourth-order valence-electron chi connectivity index (χ4n) is 3.17. The van der Waals surface area contributed by atoms with Crippen LogP contribution in [0.15, 0.2) is 71.2 Å². The number of ether oxygens (including phenoxy) is 1. The van der Waals surface area contributed by atoms with E-state index in [1.165, 1.54) is 23.1 Å². The molecule has 2 N–H and O–H groups in total. The number of anilines is 1. The number of nitrogens with zero attached hydrogens (tertiary/aromatic N) is 3. The van der Waals surface area contributed by atoms with Gasteiger partial charge in [-0.2, -0.15) is 0 Å². The molecule has 180 valence electrons. The zero-order chi connectivity index (χ0) is 24.6. The number of nitrogens with one attached hydrogen (secondary N) is 2. The SMILES string of the molecule is CCOc1ccc(NC(=O)CSc2nnc(CNC(=O)c3cccs3)n2-c2cccc(Cl)c2)cc1. The average molecular weight is 528 g/mol. The van der Waals surface area contributed by atoms with E-state index in [1.54, 1.807) is 47.0 Å². The Labute approximate surface area is 215 Å². The van der Waals surface area contributed by atoms with Gasteiger partial charge in [0.05, 0.1) is 29.5 Å². The van der Waals surface area contributed by atoms with Gasteiger partial charge >= 0.3 is 0 Å². The molecule has 0 atom stereocenters. The summed E-state index contributed by atoms with van der Waals surface area (Å²) in [6, 6.07) is 18.0. The molecule has 2 heterocycles. The summed E-state index contributed by atoms with van der Waals surface area (Å²) in [6.45, 7) is 2.66. The third kappa shape index (κ3) is 6.62. The van der Waals surface area contributed by atoms with Gasteiger partial charge in [-0.3, -0.25) is 14.2 Å². The number of hydrogen-bond acceptors (Lipinski definition) is 7. The maximum Gasteiger partial charge on any atom is 0.261 e. The van der Waals surface area contributed by atoms with E-state index in [4.69, 9.17) is 16.3 Å². The predicted octanol–water partition coefficient (Wildman–Crippen LogP) is 5.04. The second-order valence-electron chi connectivity index (χ2n) is 7.17. The third-order valence-electron chi connectivity index (χ3n) is 4.70. The third-order valence-corrected chi connectivity index (χ3v) is 6.73. The first kappa shape index (κ1) is 24.8. The Morgan fingerprint density at radius 1 is 1.11 bits per heavy atom. The Morgan fingerprint density at radius 2 is 1.94 bits per heavy atom. The van der Waals surface area contributed by atoms with Crippen molar-refractivity contribution in [2.45, 2.75) is 18.6 Å². The quantitative estimate of drug-likeness (QED) is 0.280. The molecule has 0 unspecified atom stereocenters. The minimum atomic E-state index is -0.190. The number of aromatic nitrogens is 3. The second kappa shape index (κ2) is 11.9. The van der Waals surface area contributed by atoms with Crippen molar-refractivity contribution in [2.24, 2.45) is 0 Å². The Morgan fingerprint density at radius 3 is 2.66 bits per heavy atom. The van der Waals surface area contributed by atoms with Gasteiger partial charge in [0.1, 0.15) is 5.75 Å². The van der Waals surface area contributed by atoms with Crippen LogP contribution in [0.1, 0.15) is 22.4 Å². The highest BCUT2D eigenvalue weighted by Crippen LogP contribution is 2.25. The smallest absolute Gasteiger partial charge is 0.261 e. The minimum absolute atomic E-state index is 0.119. The first-order valence-electron chi connectivity index (χ1n) is 10.7. The summed E-state index contributed by atoms with van der Waals surface area (Å²) in [5, 5.41) is 17.2. The van der Waals surface area contributed by atoms with Gasteiger partial charge in [0.15, 0.2) is 11.0 Å². The summed E-state index contributed by atoms with van der Waals surface area (Å²) in [5.74, 6) is 1.00. The lowest BCUT2D eigenvalue weighted by Gasteiger charge is -2.11. The van der Waals surface area contributed by atoms with Crippen LogP contribution in [0, 0.1) is 0 Å². The van der Waals surface area contributed by atoms with E-state index in [2.05, 4.69) is 20.8 Å². The molecule has 0 aliphatic rings. The Bertz CT molecular complexity index is 1290. The summed E-state index contributed by atoms with van der Waals surface area (Å²) in [5.41, 5.74) is 1.41. The van der Waals surface area contributed by atoms with Crippen LogP contribution < -0.4 is 15.4 Å². The molecule has 8 nitrogen and oxygen atoms in total. The number of benzene rings is 2. The van der Waals surface area contributed by atoms with E-state index in [-0.39, 0.29) is 24.1 Å². The molecule has 0 radical (unpaired) electrons. The Balaban J connectivity index is 1.46. The van der Waals surface area contributed by atoms with Gasteiger partial charge in [-0.15, -0.1) is 21.5 Å². The molecule has 0 spiro atoms. The van der Waals surface area contributed by atoms with Gasteiger partial charge in [-0.1, -0.05) is 35.5 Å². The van der Waals surface area contributed by atoms with Crippen molar-refractivity contribution < 1.29 is 14.3 Å². The molecular weight excluding hydrogens is 506 g/mol. The lowest BCUT2D eigenvalue weighted by atomic mass is 10.3. The van der Waals surface area contributed by atoms with Crippen LogP contribution in [-0.4, -0.2) is 38.9 Å². The van der Waals surface area contributed by atoms with Crippen molar-refractivity contribution in [3.05, 3.63) is 81.8 Å². The van der Waals surface area contributed by atoms with E-state index in [9.17, 15) is 9.59 Å². The molecule has 4 rings (SSSR count). The highest BCUT2D eigenvalue weighted by molar-refractivity contribution is 7.99. The van der Waals surface area contributed by atoms with Gasteiger partial charge < -0.3 is 15.4 Å². The molecule has 0 saturated heterocycles. The normalized spacial score (nSPS) is 10.7. The van der Waals surface area contributed by atoms with Crippen molar-refractivity contribution in [3.63, 3.8) is 0 Å². The van der Waals surface area contributed by atoms with Crippen molar-refractivity contribution >= 4 is 52.2 Å². The number of carbonyl (C=O) groups is 2. The standard InChI is InChI=1S/C24H22ClN5O3S2/c1-2-33-19-10-8-17(9-11-19)27-22(31)15-35-24-29-28-21(14-26-23(32)20-7-4-12-34-20)30(24)18-6-3-5-16(25)13-18/h3-13H,2,14-15H2,1H3,(H,26,32)(H,27,31).